The molecule has 0 unspecified atom stereocenters. The summed E-state index contributed by atoms with van der Waals surface area (Å²) >= 11 is 0. The first-order chi connectivity index (χ1) is 13.9. The first-order valence-corrected chi connectivity index (χ1v) is 9.51. The summed E-state index contributed by atoms with van der Waals surface area (Å²) in [4.78, 5) is 26.7. The van der Waals surface area contributed by atoms with Crippen LogP contribution in [-0.4, -0.2) is 45.8 Å². The molecule has 0 saturated carbocycles. The molecule has 1 aliphatic rings. The Bertz CT molecular complexity index is 920. The number of nitrogens with zero attached hydrogens (tertiary/aromatic N) is 2. The van der Waals surface area contributed by atoms with Gasteiger partial charge in [0.25, 0.3) is 0 Å². The van der Waals surface area contributed by atoms with E-state index in [2.05, 4.69) is 0 Å². The molecule has 1 N–H and O–H groups in total. The van der Waals surface area contributed by atoms with Gasteiger partial charge in [-0.1, -0.05) is 18.2 Å². The van der Waals surface area contributed by atoms with Crippen LogP contribution in [0.1, 0.15) is 25.1 Å². The molecule has 7 nitrogen and oxygen atoms in total. The highest BCUT2D eigenvalue weighted by Gasteiger charge is 2.26. The molecule has 1 saturated heterocycles. The van der Waals surface area contributed by atoms with Crippen LogP contribution >= 0.6 is 0 Å². The molecule has 2 heterocycles. The van der Waals surface area contributed by atoms with Crippen molar-refractivity contribution in [3.05, 3.63) is 63.8 Å². The van der Waals surface area contributed by atoms with Gasteiger partial charge in [-0.25, -0.2) is 4.39 Å². The smallest absolute Gasteiger partial charge is 0.242 e. The lowest BCUT2D eigenvalue weighted by atomic mass is 10.2. The van der Waals surface area contributed by atoms with E-state index in [1.165, 1.54) is 22.9 Å². The third kappa shape index (κ3) is 5.21. The maximum atomic E-state index is 13.8. The maximum absolute atomic E-state index is 13.8. The molecule has 0 radical (unpaired) electrons. The average Bonchev–Trinajstić information content (AvgIpc) is 2.68. The summed E-state index contributed by atoms with van der Waals surface area (Å²) in [6, 6.07) is 7.36. The third-order valence-electron chi connectivity index (χ3n) is 4.76. The van der Waals surface area contributed by atoms with Gasteiger partial charge in [-0.05, 0) is 19.9 Å². The van der Waals surface area contributed by atoms with E-state index < -0.39 is 17.9 Å². The van der Waals surface area contributed by atoms with E-state index in [9.17, 15) is 19.1 Å². The molecule has 0 bridgehead atoms. The van der Waals surface area contributed by atoms with E-state index >= 15 is 0 Å². The summed E-state index contributed by atoms with van der Waals surface area (Å²) in [7, 11) is 0. The molecule has 0 aliphatic carbocycles. The van der Waals surface area contributed by atoms with Crippen LogP contribution in [0.4, 0.5) is 4.39 Å². The number of ether oxygens (including phenoxy) is 2. The van der Waals surface area contributed by atoms with Crippen LogP contribution in [0.2, 0.25) is 0 Å². The lowest BCUT2D eigenvalue weighted by Gasteiger charge is -2.35. The quantitative estimate of drug-likeness (QED) is 0.793. The fourth-order valence-electron chi connectivity index (χ4n) is 3.38. The molecule has 1 aromatic carbocycles. The normalized spacial score (nSPS) is 19.2. The highest BCUT2D eigenvalue weighted by Crippen LogP contribution is 2.15. The minimum atomic E-state index is -0.442. The molecule has 2 aromatic rings. The zero-order valence-electron chi connectivity index (χ0n) is 16.5. The van der Waals surface area contributed by atoms with Crippen molar-refractivity contribution in [2.75, 3.05) is 13.1 Å². The fourth-order valence-corrected chi connectivity index (χ4v) is 3.38. The highest BCUT2D eigenvalue weighted by atomic mass is 19.1. The number of rotatable bonds is 6. The molecular weight excluding hydrogens is 379 g/mol. The first-order valence-electron chi connectivity index (χ1n) is 9.51. The van der Waals surface area contributed by atoms with Crippen LogP contribution in [0.3, 0.4) is 0 Å². The molecule has 8 heteroatoms. The number of benzene rings is 1. The summed E-state index contributed by atoms with van der Waals surface area (Å²) in [5.74, 6) is -0.585. The molecule has 1 aromatic heterocycles. The summed E-state index contributed by atoms with van der Waals surface area (Å²) in [5.41, 5.74) is 0.177. The van der Waals surface area contributed by atoms with Crippen molar-refractivity contribution in [1.82, 2.24) is 9.47 Å². The molecule has 3 rings (SSSR count). The summed E-state index contributed by atoms with van der Waals surface area (Å²) < 4.78 is 26.4. The first kappa shape index (κ1) is 21.0. The standard InChI is InChI=1S/C21H25FN2O5/c1-14-8-24(9-15(2)29-14)21(27)11-23-10-20(19(26)7-17(23)12-25)28-13-16-5-3-4-6-18(16)22/h3-7,10,14-15,25H,8-9,11-13H2,1-2H3/t14-,15-/m0/s1. The Morgan fingerprint density at radius 1 is 1.28 bits per heavy atom. The van der Waals surface area contributed by atoms with Crippen LogP contribution in [-0.2, 0) is 29.3 Å². The largest absolute Gasteiger partial charge is 0.483 e. The van der Waals surface area contributed by atoms with Gasteiger partial charge in [-0.15, -0.1) is 0 Å². The number of aliphatic hydroxyl groups is 1. The Hall–Kier alpha value is -2.71. The van der Waals surface area contributed by atoms with Crippen molar-refractivity contribution in [2.24, 2.45) is 0 Å². The maximum Gasteiger partial charge on any atom is 0.242 e. The molecule has 1 aliphatic heterocycles. The number of amides is 1. The van der Waals surface area contributed by atoms with E-state index in [-0.39, 0.29) is 37.0 Å². The van der Waals surface area contributed by atoms with Crippen molar-refractivity contribution in [1.29, 1.82) is 0 Å². The van der Waals surface area contributed by atoms with Gasteiger partial charge in [0.15, 0.2) is 5.75 Å². The van der Waals surface area contributed by atoms with Gasteiger partial charge in [0.05, 0.1) is 25.0 Å². The molecule has 1 amide bonds. The highest BCUT2D eigenvalue weighted by molar-refractivity contribution is 5.76. The Balaban J connectivity index is 1.77. The van der Waals surface area contributed by atoms with Crippen LogP contribution in [0.15, 0.2) is 41.3 Å². The Labute approximate surface area is 168 Å². The Morgan fingerprint density at radius 3 is 2.62 bits per heavy atom. The molecular formula is C21H25FN2O5. The van der Waals surface area contributed by atoms with Crippen molar-refractivity contribution in [2.45, 2.75) is 45.8 Å². The summed E-state index contributed by atoms with van der Waals surface area (Å²) in [6.07, 6.45) is 1.27. The van der Waals surface area contributed by atoms with Crippen LogP contribution in [0.25, 0.3) is 0 Å². The molecule has 156 valence electrons. The minimum absolute atomic E-state index is 0.0121. The van der Waals surface area contributed by atoms with E-state index in [4.69, 9.17) is 9.47 Å². The average molecular weight is 404 g/mol. The number of aromatic nitrogens is 1. The second-order valence-electron chi connectivity index (χ2n) is 7.22. The predicted octanol–water partition coefficient (Wildman–Crippen LogP) is 1.69. The van der Waals surface area contributed by atoms with Crippen LogP contribution < -0.4 is 10.2 Å². The van der Waals surface area contributed by atoms with Gasteiger partial charge < -0.3 is 24.0 Å². The van der Waals surface area contributed by atoms with Crippen LogP contribution in [0.5, 0.6) is 5.75 Å². The van der Waals surface area contributed by atoms with E-state index in [1.54, 1.807) is 23.1 Å². The second kappa shape index (κ2) is 9.19. The molecule has 2 atom stereocenters. The van der Waals surface area contributed by atoms with Crippen molar-refractivity contribution < 1.29 is 23.8 Å². The van der Waals surface area contributed by atoms with Crippen molar-refractivity contribution in [3.63, 3.8) is 0 Å². The second-order valence-corrected chi connectivity index (χ2v) is 7.22. The minimum Gasteiger partial charge on any atom is -0.483 e. The van der Waals surface area contributed by atoms with Crippen molar-refractivity contribution >= 4 is 5.91 Å². The van der Waals surface area contributed by atoms with Crippen LogP contribution in [0, 0.1) is 5.82 Å². The SMILES string of the molecule is C[C@H]1CN(C(=O)Cn2cc(OCc3ccccc3F)c(=O)cc2CO)C[C@H](C)O1. The number of halogens is 1. The van der Waals surface area contributed by atoms with Crippen molar-refractivity contribution in [3.8, 4) is 5.75 Å². The Kier molecular flexibility index (Phi) is 6.66. The van der Waals surface area contributed by atoms with Gasteiger partial charge in [-0.3, -0.25) is 9.59 Å². The number of hydrogen-bond donors (Lipinski definition) is 1. The molecule has 29 heavy (non-hydrogen) atoms. The van der Waals surface area contributed by atoms with E-state index in [1.807, 2.05) is 13.8 Å². The molecule has 1 fully saturated rings. The lowest BCUT2D eigenvalue weighted by molar-refractivity contribution is -0.143. The number of carbonyl (C=O) groups excluding carboxylic acids is 1. The zero-order chi connectivity index (χ0) is 21.0. The fraction of sp³-hybridized carbons (Fsp3) is 0.429. The van der Waals surface area contributed by atoms with Gasteiger partial charge in [0, 0.05) is 30.4 Å². The van der Waals surface area contributed by atoms with E-state index in [0.29, 0.717) is 24.3 Å². The Morgan fingerprint density at radius 2 is 1.97 bits per heavy atom. The summed E-state index contributed by atoms with van der Waals surface area (Å²) in [5, 5.41) is 9.59. The third-order valence-corrected chi connectivity index (χ3v) is 4.76. The van der Waals surface area contributed by atoms with E-state index in [0.717, 1.165) is 0 Å². The number of hydrogen-bond acceptors (Lipinski definition) is 5. The number of aliphatic hydroxyl groups excluding tert-OH is 1. The predicted molar refractivity (Wildman–Crippen MR) is 104 cm³/mol. The number of carbonyl (C=O) groups is 1. The molecule has 0 spiro atoms. The van der Waals surface area contributed by atoms with Gasteiger partial charge in [0.1, 0.15) is 19.0 Å². The monoisotopic (exact) mass is 404 g/mol. The van der Waals surface area contributed by atoms with Gasteiger partial charge in [-0.2, -0.15) is 0 Å². The topological polar surface area (TPSA) is 81.0 Å². The zero-order valence-corrected chi connectivity index (χ0v) is 16.5. The summed E-state index contributed by atoms with van der Waals surface area (Å²) in [6.45, 7) is 4.21. The lowest BCUT2D eigenvalue weighted by Crippen LogP contribution is -2.49. The number of morpholine rings is 1. The van der Waals surface area contributed by atoms with Gasteiger partial charge >= 0.3 is 0 Å². The van der Waals surface area contributed by atoms with Gasteiger partial charge in [0.2, 0.25) is 11.3 Å². The number of pyridine rings is 1.